The van der Waals surface area contributed by atoms with Crippen LogP contribution in [0.3, 0.4) is 0 Å². The number of benzene rings is 2. The predicted molar refractivity (Wildman–Crippen MR) is 97.4 cm³/mol. The van der Waals surface area contributed by atoms with Crippen molar-refractivity contribution in [3.63, 3.8) is 0 Å². The van der Waals surface area contributed by atoms with Gasteiger partial charge in [0.25, 0.3) is 0 Å². The lowest BCUT2D eigenvalue weighted by Crippen LogP contribution is -2.01. The maximum absolute atomic E-state index is 10.2. The molecule has 0 saturated carbocycles. The number of thiol groups is 1. The summed E-state index contributed by atoms with van der Waals surface area (Å²) < 4.78 is 1.51. The molecule has 0 unspecified atom stereocenters. The van der Waals surface area contributed by atoms with Gasteiger partial charge in [-0.05, 0) is 31.2 Å². The molecule has 25 heavy (non-hydrogen) atoms. The number of nitrogens with zero attached hydrogens (tertiary/aromatic N) is 4. The van der Waals surface area contributed by atoms with Crippen LogP contribution in [0.4, 0.5) is 0 Å². The Balaban J connectivity index is 2.04. The Labute approximate surface area is 148 Å². The standard InChI is InChI=1S/C18H14N4O2S/c1-10-8-13(12-4-2-3-5-14(12)19-10)17-18(25)20-21-22(17)15-7-6-11(23)9-16(15)24/h2-9,23-25H,1H3. The van der Waals surface area contributed by atoms with E-state index < -0.39 is 0 Å². The van der Waals surface area contributed by atoms with Gasteiger partial charge in [-0.15, -0.1) is 17.7 Å². The second kappa shape index (κ2) is 5.78. The molecule has 4 rings (SSSR count). The Hall–Kier alpha value is -3.06. The predicted octanol–water partition coefficient (Wildman–Crippen LogP) is 3.49. The molecular formula is C18H14N4O2S. The Morgan fingerprint density at radius 2 is 1.84 bits per heavy atom. The summed E-state index contributed by atoms with van der Waals surface area (Å²) in [5, 5.41) is 29.3. The highest BCUT2D eigenvalue weighted by molar-refractivity contribution is 7.80. The molecule has 124 valence electrons. The molecule has 0 bridgehead atoms. The van der Waals surface area contributed by atoms with Crippen molar-refractivity contribution in [2.45, 2.75) is 11.9 Å². The summed E-state index contributed by atoms with van der Waals surface area (Å²) in [6.45, 7) is 1.92. The van der Waals surface area contributed by atoms with Gasteiger partial charge in [0.05, 0.1) is 5.52 Å². The first-order valence-corrected chi connectivity index (χ1v) is 8.03. The summed E-state index contributed by atoms with van der Waals surface area (Å²) in [5.41, 5.74) is 3.62. The quantitative estimate of drug-likeness (QED) is 0.482. The minimum absolute atomic E-state index is 0.0285. The summed E-state index contributed by atoms with van der Waals surface area (Å²) in [6.07, 6.45) is 0. The molecule has 0 aliphatic heterocycles. The third-order valence-electron chi connectivity index (χ3n) is 3.94. The van der Waals surface area contributed by atoms with Gasteiger partial charge >= 0.3 is 0 Å². The fourth-order valence-corrected chi connectivity index (χ4v) is 3.13. The second-order valence-electron chi connectivity index (χ2n) is 5.67. The summed E-state index contributed by atoms with van der Waals surface area (Å²) >= 11 is 4.45. The van der Waals surface area contributed by atoms with Crippen molar-refractivity contribution in [1.29, 1.82) is 0 Å². The Kier molecular flexibility index (Phi) is 3.58. The third-order valence-corrected chi connectivity index (χ3v) is 4.24. The third kappa shape index (κ3) is 2.58. The van der Waals surface area contributed by atoms with E-state index in [1.807, 2.05) is 37.3 Å². The van der Waals surface area contributed by atoms with E-state index >= 15 is 0 Å². The highest BCUT2D eigenvalue weighted by Crippen LogP contribution is 2.35. The van der Waals surface area contributed by atoms with Crippen molar-refractivity contribution in [3.8, 4) is 28.4 Å². The lowest BCUT2D eigenvalue weighted by Gasteiger charge is -2.12. The zero-order valence-corrected chi connectivity index (χ0v) is 14.1. The fraction of sp³-hybridized carbons (Fsp3) is 0.0556. The van der Waals surface area contributed by atoms with Crippen LogP contribution in [0.15, 0.2) is 53.6 Å². The van der Waals surface area contributed by atoms with E-state index in [4.69, 9.17) is 0 Å². The van der Waals surface area contributed by atoms with Gasteiger partial charge in [0.1, 0.15) is 27.9 Å². The first-order valence-electron chi connectivity index (χ1n) is 7.58. The number of hydrogen-bond acceptors (Lipinski definition) is 6. The molecule has 0 aliphatic rings. The number of rotatable bonds is 2. The molecule has 2 aromatic heterocycles. The molecule has 4 aromatic rings. The second-order valence-corrected chi connectivity index (χ2v) is 6.10. The number of fused-ring (bicyclic) bond motifs is 1. The van der Waals surface area contributed by atoms with Crippen molar-refractivity contribution in [3.05, 3.63) is 54.2 Å². The van der Waals surface area contributed by atoms with E-state index in [2.05, 4.69) is 27.9 Å². The first kappa shape index (κ1) is 15.5. The van der Waals surface area contributed by atoms with Crippen LogP contribution in [0.5, 0.6) is 11.5 Å². The highest BCUT2D eigenvalue weighted by Gasteiger charge is 2.19. The Morgan fingerprint density at radius 3 is 2.64 bits per heavy atom. The van der Waals surface area contributed by atoms with Crippen LogP contribution >= 0.6 is 12.6 Å². The topological polar surface area (TPSA) is 84.1 Å². The SMILES string of the molecule is Cc1cc(-c2c(S)nnn2-c2ccc(O)cc2O)c2ccccc2n1. The van der Waals surface area contributed by atoms with Crippen molar-refractivity contribution in [2.24, 2.45) is 0 Å². The molecule has 0 atom stereocenters. The van der Waals surface area contributed by atoms with Crippen LogP contribution in [0.25, 0.3) is 27.8 Å². The average Bonchev–Trinajstić information content (AvgIpc) is 2.95. The molecule has 2 N–H and O–H groups in total. The lowest BCUT2D eigenvalue weighted by atomic mass is 10.0. The van der Waals surface area contributed by atoms with Gasteiger partial charge < -0.3 is 10.2 Å². The van der Waals surface area contributed by atoms with E-state index in [1.54, 1.807) is 6.07 Å². The molecule has 0 saturated heterocycles. The molecule has 2 heterocycles. The minimum atomic E-state index is -0.102. The highest BCUT2D eigenvalue weighted by atomic mass is 32.1. The average molecular weight is 350 g/mol. The Morgan fingerprint density at radius 1 is 1.04 bits per heavy atom. The molecule has 0 amide bonds. The van der Waals surface area contributed by atoms with E-state index in [0.717, 1.165) is 22.2 Å². The number of phenolic OH excluding ortho intramolecular Hbond substituents is 2. The van der Waals surface area contributed by atoms with Crippen LogP contribution in [-0.2, 0) is 0 Å². The number of aryl methyl sites for hydroxylation is 1. The summed E-state index contributed by atoms with van der Waals surface area (Å²) in [5.74, 6) is -0.131. The number of aromatic hydroxyl groups is 2. The van der Waals surface area contributed by atoms with Gasteiger partial charge in [0, 0.05) is 22.7 Å². The van der Waals surface area contributed by atoms with Gasteiger partial charge in [-0.3, -0.25) is 4.98 Å². The van der Waals surface area contributed by atoms with Crippen LogP contribution in [0.1, 0.15) is 5.69 Å². The molecule has 6 nitrogen and oxygen atoms in total. The molecule has 0 spiro atoms. The number of phenols is 2. The molecule has 7 heteroatoms. The van der Waals surface area contributed by atoms with Gasteiger partial charge in [0.15, 0.2) is 0 Å². The molecule has 2 aromatic carbocycles. The molecule has 0 fully saturated rings. The first-order chi connectivity index (χ1) is 12.0. The van der Waals surface area contributed by atoms with Gasteiger partial charge in [0.2, 0.25) is 0 Å². The van der Waals surface area contributed by atoms with E-state index in [1.165, 1.54) is 16.8 Å². The maximum atomic E-state index is 10.2. The Bertz CT molecular complexity index is 1110. The summed E-state index contributed by atoms with van der Waals surface area (Å²) in [7, 11) is 0. The molecule has 0 radical (unpaired) electrons. The number of para-hydroxylation sites is 1. The number of hydrogen-bond donors (Lipinski definition) is 3. The van der Waals surface area contributed by atoms with Gasteiger partial charge in [-0.1, -0.05) is 23.4 Å². The molecule has 0 aliphatic carbocycles. The van der Waals surface area contributed by atoms with Crippen molar-refractivity contribution >= 4 is 23.5 Å². The number of pyridine rings is 1. The zero-order valence-electron chi connectivity index (χ0n) is 13.2. The lowest BCUT2D eigenvalue weighted by molar-refractivity contribution is 0.447. The van der Waals surface area contributed by atoms with Crippen molar-refractivity contribution < 1.29 is 10.2 Å². The largest absolute Gasteiger partial charge is 0.508 e. The van der Waals surface area contributed by atoms with Crippen LogP contribution in [-0.4, -0.2) is 30.2 Å². The van der Waals surface area contributed by atoms with Crippen molar-refractivity contribution in [2.75, 3.05) is 0 Å². The van der Waals surface area contributed by atoms with Crippen LogP contribution in [0.2, 0.25) is 0 Å². The normalized spacial score (nSPS) is 11.1. The summed E-state index contributed by atoms with van der Waals surface area (Å²) in [6, 6.07) is 14.0. The van der Waals surface area contributed by atoms with E-state index in [0.29, 0.717) is 16.4 Å². The van der Waals surface area contributed by atoms with Gasteiger partial charge in [-0.25, -0.2) is 4.68 Å². The van der Waals surface area contributed by atoms with Crippen LogP contribution < -0.4 is 0 Å². The van der Waals surface area contributed by atoms with Gasteiger partial charge in [-0.2, -0.15) is 0 Å². The zero-order chi connectivity index (χ0) is 17.6. The fourth-order valence-electron chi connectivity index (χ4n) is 2.87. The monoisotopic (exact) mass is 350 g/mol. The van der Waals surface area contributed by atoms with Crippen LogP contribution in [0, 0.1) is 6.92 Å². The smallest absolute Gasteiger partial charge is 0.145 e. The summed E-state index contributed by atoms with van der Waals surface area (Å²) in [4.78, 5) is 4.55. The maximum Gasteiger partial charge on any atom is 0.145 e. The van der Waals surface area contributed by atoms with E-state index in [9.17, 15) is 10.2 Å². The molecular weight excluding hydrogens is 336 g/mol. The van der Waals surface area contributed by atoms with E-state index in [-0.39, 0.29) is 11.5 Å². The van der Waals surface area contributed by atoms with Crippen molar-refractivity contribution in [1.82, 2.24) is 20.0 Å². The minimum Gasteiger partial charge on any atom is -0.508 e. The number of aromatic nitrogens is 4.